The maximum atomic E-state index is 12.3. The molecule has 1 rings (SSSR count). The quantitative estimate of drug-likeness (QED) is 0.635. The Morgan fingerprint density at radius 1 is 1.36 bits per heavy atom. The van der Waals surface area contributed by atoms with Gasteiger partial charge in [-0.3, -0.25) is 4.90 Å². The van der Waals surface area contributed by atoms with Gasteiger partial charge in [-0.05, 0) is 46.5 Å². The van der Waals surface area contributed by atoms with Crippen molar-refractivity contribution in [3.63, 3.8) is 0 Å². The minimum atomic E-state index is -0.642. The molecule has 6 nitrogen and oxygen atoms in total. The zero-order valence-corrected chi connectivity index (χ0v) is 13.9. The molecule has 2 atom stereocenters. The molecule has 6 heteroatoms. The Labute approximate surface area is 132 Å². The maximum Gasteiger partial charge on any atom is 0.411 e. The molecule has 0 aromatic rings. The largest absolute Gasteiger partial charge is 0.464 e. The van der Waals surface area contributed by atoms with E-state index in [9.17, 15) is 9.59 Å². The third kappa shape index (κ3) is 5.67. The standard InChI is InChI=1S/C16H27NO5/c1-5-21-14(19)13-11-12(7-6-10-18)8-9-17(13)15(20)22-16(2,3)4/h6-7,12-13,18H,5,8-11H2,1-4H3/b7-6+. The fraction of sp³-hybridized carbons (Fsp3) is 0.750. The SMILES string of the molecule is CCOC(=O)C1CC(/C=C/CO)CCN1C(=O)OC(C)(C)C. The molecule has 1 aliphatic rings. The van der Waals surface area contributed by atoms with E-state index in [-0.39, 0.29) is 19.1 Å². The Hall–Kier alpha value is -1.56. The summed E-state index contributed by atoms with van der Waals surface area (Å²) in [5, 5.41) is 8.86. The molecule has 2 unspecified atom stereocenters. The second-order valence-corrected chi connectivity index (χ2v) is 6.34. The van der Waals surface area contributed by atoms with Crippen molar-refractivity contribution in [3.05, 3.63) is 12.2 Å². The van der Waals surface area contributed by atoms with Crippen LogP contribution in [0.15, 0.2) is 12.2 Å². The Kier molecular flexibility index (Phi) is 6.87. The van der Waals surface area contributed by atoms with Crippen LogP contribution in [0.25, 0.3) is 0 Å². The molecular weight excluding hydrogens is 286 g/mol. The fourth-order valence-electron chi connectivity index (χ4n) is 2.42. The fourth-order valence-corrected chi connectivity index (χ4v) is 2.42. The first kappa shape index (κ1) is 18.5. The molecular formula is C16H27NO5. The first-order valence-electron chi connectivity index (χ1n) is 7.72. The van der Waals surface area contributed by atoms with Crippen LogP contribution in [0, 0.1) is 5.92 Å². The summed E-state index contributed by atoms with van der Waals surface area (Å²) in [5.74, 6) is -0.268. The molecule has 1 fully saturated rings. The smallest absolute Gasteiger partial charge is 0.411 e. The van der Waals surface area contributed by atoms with Gasteiger partial charge in [0.2, 0.25) is 0 Å². The van der Waals surface area contributed by atoms with Crippen LogP contribution in [0.4, 0.5) is 4.79 Å². The van der Waals surface area contributed by atoms with Gasteiger partial charge >= 0.3 is 12.1 Å². The van der Waals surface area contributed by atoms with Gasteiger partial charge in [0.15, 0.2) is 0 Å². The number of carbonyl (C=O) groups is 2. The number of esters is 1. The minimum Gasteiger partial charge on any atom is -0.464 e. The van der Waals surface area contributed by atoms with Crippen molar-refractivity contribution in [1.29, 1.82) is 0 Å². The van der Waals surface area contributed by atoms with Crippen molar-refractivity contribution in [2.75, 3.05) is 19.8 Å². The van der Waals surface area contributed by atoms with Crippen molar-refractivity contribution < 1.29 is 24.2 Å². The number of likely N-dealkylation sites (tertiary alicyclic amines) is 1. The number of piperidine rings is 1. The summed E-state index contributed by atoms with van der Waals surface area (Å²) in [7, 11) is 0. The van der Waals surface area contributed by atoms with Crippen LogP contribution in [0.3, 0.4) is 0 Å². The number of nitrogens with zero attached hydrogens (tertiary/aromatic N) is 1. The zero-order chi connectivity index (χ0) is 16.8. The van der Waals surface area contributed by atoms with Crippen LogP contribution >= 0.6 is 0 Å². The number of hydrogen-bond acceptors (Lipinski definition) is 5. The van der Waals surface area contributed by atoms with E-state index in [1.54, 1.807) is 33.8 Å². The lowest BCUT2D eigenvalue weighted by molar-refractivity contribution is -0.151. The molecule has 1 heterocycles. The third-order valence-electron chi connectivity index (χ3n) is 3.34. The molecule has 0 radical (unpaired) electrons. The maximum absolute atomic E-state index is 12.3. The van der Waals surface area contributed by atoms with Crippen molar-refractivity contribution in [1.82, 2.24) is 4.90 Å². The molecule has 22 heavy (non-hydrogen) atoms. The number of aliphatic hydroxyl groups is 1. The van der Waals surface area contributed by atoms with Crippen molar-refractivity contribution in [3.8, 4) is 0 Å². The van der Waals surface area contributed by atoms with Gasteiger partial charge in [-0.25, -0.2) is 9.59 Å². The first-order chi connectivity index (χ1) is 10.3. The van der Waals surface area contributed by atoms with E-state index in [1.165, 1.54) is 4.90 Å². The molecule has 126 valence electrons. The van der Waals surface area contributed by atoms with E-state index >= 15 is 0 Å². The molecule has 1 saturated heterocycles. The molecule has 0 spiro atoms. The van der Waals surface area contributed by atoms with Gasteiger partial charge in [0.05, 0.1) is 13.2 Å². The lowest BCUT2D eigenvalue weighted by Crippen LogP contribution is -2.51. The molecule has 1 amide bonds. The van der Waals surface area contributed by atoms with Gasteiger partial charge in [0, 0.05) is 6.54 Å². The first-order valence-corrected chi connectivity index (χ1v) is 7.72. The van der Waals surface area contributed by atoms with Gasteiger partial charge in [0.25, 0.3) is 0 Å². The normalized spacial score (nSPS) is 22.7. The predicted octanol–water partition coefficient (Wildman–Crippen LogP) is 2.11. The molecule has 1 aliphatic heterocycles. The minimum absolute atomic E-state index is 0.0314. The summed E-state index contributed by atoms with van der Waals surface area (Å²) >= 11 is 0. The van der Waals surface area contributed by atoms with E-state index in [2.05, 4.69) is 0 Å². The summed E-state index contributed by atoms with van der Waals surface area (Å²) in [6.07, 6.45) is 4.27. The van der Waals surface area contributed by atoms with E-state index in [0.717, 1.165) is 6.42 Å². The zero-order valence-electron chi connectivity index (χ0n) is 13.9. The molecule has 0 aromatic heterocycles. The summed E-state index contributed by atoms with van der Waals surface area (Å²) in [5.41, 5.74) is -0.607. The van der Waals surface area contributed by atoms with E-state index in [1.807, 2.05) is 6.08 Å². The number of ether oxygens (including phenoxy) is 2. The van der Waals surface area contributed by atoms with Gasteiger partial charge in [-0.15, -0.1) is 0 Å². The van der Waals surface area contributed by atoms with Crippen molar-refractivity contribution >= 4 is 12.1 Å². The Balaban J connectivity index is 2.83. The Morgan fingerprint density at radius 2 is 2.05 bits per heavy atom. The van der Waals surface area contributed by atoms with Crippen molar-refractivity contribution in [2.24, 2.45) is 5.92 Å². The summed E-state index contributed by atoms with van der Waals surface area (Å²) in [6.45, 7) is 7.79. The van der Waals surface area contributed by atoms with Crippen LogP contribution in [0.5, 0.6) is 0 Å². The lowest BCUT2D eigenvalue weighted by Gasteiger charge is -2.37. The van der Waals surface area contributed by atoms with Crippen LogP contribution < -0.4 is 0 Å². The highest BCUT2D eigenvalue weighted by molar-refractivity contribution is 5.81. The molecule has 0 aliphatic carbocycles. The molecule has 0 bridgehead atoms. The summed E-state index contributed by atoms with van der Waals surface area (Å²) in [4.78, 5) is 25.9. The van der Waals surface area contributed by atoms with E-state index in [0.29, 0.717) is 13.0 Å². The van der Waals surface area contributed by atoms with Crippen LogP contribution in [0.2, 0.25) is 0 Å². The van der Waals surface area contributed by atoms with Crippen molar-refractivity contribution in [2.45, 2.75) is 52.2 Å². The second-order valence-electron chi connectivity index (χ2n) is 6.34. The second kappa shape index (κ2) is 8.17. The predicted molar refractivity (Wildman–Crippen MR) is 82.3 cm³/mol. The number of amides is 1. The average Bonchev–Trinajstić information content (AvgIpc) is 2.43. The highest BCUT2D eigenvalue weighted by Gasteiger charge is 2.38. The van der Waals surface area contributed by atoms with E-state index < -0.39 is 23.7 Å². The van der Waals surface area contributed by atoms with Gasteiger partial charge in [-0.1, -0.05) is 12.2 Å². The number of aliphatic hydroxyl groups excluding tert-OH is 1. The molecule has 1 N–H and O–H groups in total. The van der Waals surface area contributed by atoms with Crippen LogP contribution in [0.1, 0.15) is 40.5 Å². The Morgan fingerprint density at radius 3 is 2.59 bits per heavy atom. The molecule has 0 aromatic carbocycles. The van der Waals surface area contributed by atoms with Crippen LogP contribution in [-0.4, -0.2) is 53.5 Å². The third-order valence-corrected chi connectivity index (χ3v) is 3.34. The van der Waals surface area contributed by atoms with Gasteiger partial charge < -0.3 is 14.6 Å². The highest BCUT2D eigenvalue weighted by atomic mass is 16.6. The lowest BCUT2D eigenvalue weighted by atomic mass is 9.90. The highest BCUT2D eigenvalue weighted by Crippen LogP contribution is 2.26. The number of carbonyl (C=O) groups excluding carboxylic acids is 2. The van der Waals surface area contributed by atoms with Gasteiger partial charge in [-0.2, -0.15) is 0 Å². The average molecular weight is 313 g/mol. The summed E-state index contributed by atoms with van der Waals surface area (Å²) in [6, 6.07) is -0.642. The van der Waals surface area contributed by atoms with Crippen LogP contribution in [-0.2, 0) is 14.3 Å². The summed E-state index contributed by atoms with van der Waals surface area (Å²) < 4.78 is 10.5. The topological polar surface area (TPSA) is 76.1 Å². The molecule has 0 saturated carbocycles. The monoisotopic (exact) mass is 313 g/mol. The number of rotatable bonds is 4. The number of allylic oxidation sites excluding steroid dienone is 1. The van der Waals surface area contributed by atoms with E-state index in [4.69, 9.17) is 14.6 Å². The number of hydrogen-bond donors (Lipinski definition) is 1. The Bertz CT molecular complexity index is 413. The van der Waals surface area contributed by atoms with Gasteiger partial charge in [0.1, 0.15) is 11.6 Å².